The summed E-state index contributed by atoms with van der Waals surface area (Å²) in [5, 5.41) is 0. The summed E-state index contributed by atoms with van der Waals surface area (Å²) in [6.45, 7) is 5.20. The molecule has 0 heterocycles. The van der Waals surface area contributed by atoms with Crippen molar-refractivity contribution in [1.29, 1.82) is 0 Å². The maximum absolute atomic E-state index is 13.5. The van der Waals surface area contributed by atoms with Crippen molar-refractivity contribution in [2.24, 2.45) is 5.41 Å². The van der Waals surface area contributed by atoms with Crippen LogP contribution in [0.25, 0.3) is 0 Å². The first-order chi connectivity index (χ1) is 8.20. The lowest BCUT2D eigenvalue weighted by atomic mass is 9.84. The molecule has 0 aliphatic heterocycles. The second-order valence-corrected chi connectivity index (χ2v) is 5.07. The molecule has 1 atom stereocenters. The summed E-state index contributed by atoms with van der Waals surface area (Å²) in [5.74, 6) is -5.16. The van der Waals surface area contributed by atoms with Crippen LogP contribution in [0.5, 0.6) is 0 Å². The highest BCUT2D eigenvalue weighted by atomic mass is 19.2. The van der Waals surface area contributed by atoms with Crippen molar-refractivity contribution in [3.63, 3.8) is 0 Å². The van der Waals surface area contributed by atoms with Gasteiger partial charge in [0.25, 0.3) is 0 Å². The van der Waals surface area contributed by atoms with E-state index in [1.165, 1.54) is 7.11 Å². The number of rotatable bonds is 3. The van der Waals surface area contributed by atoms with Gasteiger partial charge in [-0.2, -0.15) is 0 Å². The van der Waals surface area contributed by atoms with Crippen molar-refractivity contribution >= 4 is 5.78 Å². The van der Waals surface area contributed by atoms with Crippen LogP contribution in [-0.2, 0) is 4.74 Å². The minimum absolute atomic E-state index is 0.504. The van der Waals surface area contributed by atoms with E-state index in [0.29, 0.717) is 0 Å². The normalized spacial score (nSPS) is 13.5. The minimum Gasteiger partial charge on any atom is -0.373 e. The van der Waals surface area contributed by atoms with Gasteiger partial charge in [0.2, 0.25) is 0 Å². The summed E-state index contributed by atoms with van der Waals surface area (Å²) in [4.78, 5) is 12.1. The highest BCUT2D eigenvalue weighted by Gasteiger charge is 2.34. The van der Waals surface area contributed by atoms with Crippen molar-refractivity contribution in [2.45, 2.75) is 26.9 Å². The number of halogens is 3. The smallest absolute Gasteiger partial charge is 0.195 e. The quantitative estimate of drug-likeness (QED) is 0.615. The fourth-order valence-corrected chi connectivity index (χ4v) is 1.71. The molecule has 0 aliphatic carbocycles. The van der Waals surface area contributed by atoms with E-state index in [1.807, 2.05) is 0 Å². The molecule has 0 aromatic heterocycles. The Hall–Kier alpha value is -1.36. The molecule has 0 spiro atoms. The fraction of sp³-hybridized carbons (Fsp3) is 0.462. The molecule has 1 aromatic carbocycles. The minimum atomic E-state index is -1.65. The SMILES string of the molecule is COC(C(=O)c1ccc(F)c(F)c1F)C(C)(C)C. The molecule has 0 fully saturated rings. The zero-order valence-electron chi connectivity index (χ0n) is 10.7. The van der Waals surface area contributed by atoms with Gasteiger partial charge in [-0.25, -0.2) is 13.2 Å². The predicted octanol–water partition coefficient (Wildman–Crippen LogP) is 3.35. The molecule has 0 saturated heterocycles. The van der Waals surface area contributed by atoms with E-state index in [9.17, 15) is 18.0 Å². The third kappa shape index (κ3) is 2.72. The van der Waals surface area contributed by atoms with E-state index in [4.69, 9.17) is 4.74 Å². The number of carbonyl (C=O) groups is 1. The largest absolute Gasteiger partial charge is 0.373 e. The second-order valence-electron chi connectivity index (χ2n) is 5.07. The molecule has 0 saturated carbocycles. The first kappa shape index (κ1) is 14.7. The molecule has 100 valence electrons. The van der Waals surface area contributed by atoms with E-state index in [1.54, 1.807) is 20.8 Å². The van der Waals surface area contributed by atoms with Crippen molar-refractivity contribution in [2.75, 3.05) is 7.11 Å². The Morgan fingerprint density at radius 3 is 2.17 bits per heavy atom. The monoisotopic (exact) mass is 260 g/mol. The van der Waals surface area contributed by atoms with Crippen molar-refractivity contribution < 1.29 is 22.7 Å². The Morgan fingerprint density at radius 1 is 1.17 bits per heavy atom. The Balaban J connectivity index is 3.23. The summed E-state index contributed by atoms with van der Waals surface area (Å²) < 4.78 is 44.4. The standard InChI is InChI=1S/C13H15F3O2/c1-13(2,3)12(18-4)11(17)7-5-6-8(14)10(16)9(7)15/h5-6,12H,1-4H3. The topological polar surface area (TPSA) is 26.3 Å². The summed E-state index contributed by atoms with van der Waals surface area (Å²) in [6, 6.07) is 1.65. The van der Waals surface area contributed by atoms with E-state index >= 15 is 0 Å². The molecular formula is C13H15F3O2. The van der Waals surface area contributed by atoms with Gasteiger partial charge in [0.05, 0.1) is 5.56 Å². The van der Waals surface area contributed by atoms with Crippen molar-refractivity contribution in [1.82, 2.24) is 0 Å². The van der Waals surface area contributed by atoms with Gasteiger partial charge in [-0.05, 0) is 17.5 Å². The third-order valence-corrected chi connectivity index (χ3v) is 2.56. The maximum atomic E-state index is 13.5. The molecule has 0 amide bonds. The Morgan fingerprint density at radius 2 is 1.72 bits per heavy atom. The zero-order chi connectivity index (χ0) is 14.1. The van der Waals surface area contributed by atoms with Crippen LogP contribution in [0.4, 0.5) is 13.2 Å². The van der Waals surface area contributed by atoms with Gasteiger partial charge >= 0.3 is 0 Å². The van der Waals surface area contributed by atoms with Crippen LogP contribution in [0.15, 0.2) is 12.1 Å². The lowest BCUT2D eigenvalue weighted by molar-refractivity contribution is 0.0192. The van der Waals surface area contributed by atoms with Gasteiger partial charge in [-0.3, -0.25) is 4.79 Å². The number of hydrogen-bond acceptors (Lipinski definition) is 2. The lowest BCUT2D eigenvalue weighted by Gasteiger charge is -2.28. The number of methoxy groups -OCH3 is 1. The summed E-state index contributed by atoms with van der Waals surface area (Å²) in [5.41, 5.74) is -1.08. The lowest BCUT2D eigenvalue weighted by Crippen LogP contribution is -2.36. The number of carbonyl (C=O) groups excluding carboxylic acids is 1. The Bertz CT molecular complexity index is 464. The average molecular weight is 260 g/mol. The van der Waals surface area contributed by atoms with E-state index in [2.05, 4.69) is 0 Å². The first-order valence-corrected chi connectivity index (χ1v) is 5.40. The molecule has 0 aliphatic rings. The highest BCUT2D eigenvalue weighted by Crippen LogP contribution is 2.27. The zero-order valence-corrected chi connectivity index (χ0v) is 10.7. The number of ketones is 1. The molecule has 0 radical (unpaired) electrons. The van der Waals surface area contributed by atoms with E-state index in [0.717, 1.165) is 12.1 Å². The van der Waals surface area contributed by atoms with Crippen LogP contribution in [0.3, 0.4) is 0 Å². The molecule has 0 N–H and O–H groups in total. The average Bonchev–Trinajstić information content (AvgIpc) is 2.25. The van der Waals surface area contributed by atoms with Gasteiger partial charge in [-0.1, -0.05) is 20.8 Å². The number of ether oxygens (including phenoxy) is 1. The van der Waals surface area contributed by atoms with Crippen LogP contribution in [0.1, 0.15) is 31.1 Å². The predicted molar refractivity (Wildman–Crippen MR) is 60.9 cm³/mol. The molecule has 5 heteroatoms. The van der Waals surface area contributed by atoms with Gasteiger partial charge in [-0.15, -0.1) is 0 Å². The van der Waals surface area contributed by atoms with Gasteiger partial charge < -0.3 is 4.74 Å². The Kier molecular flexibility index (Phi) is 4.16. The molecule has 0 bridgehead atoms. The molecule has 1 unspecified atom stereocenters. The van der Waals surface area contributed by atoms with Crippen LogP contribution >= 0.6 is 0 Å². The van der Waals surface area contributed by atoms with Gasteiger partial charge in [0.1, 0.15) is 6.10 Å². The molecular weight excluding hydrogens is 245 g/mol. The third-order valence-electron chi connectivity index (χ3n) is 2.56. The number of benzene rings is 1. The highest BCUT2D eigenvalue weighted by molar-refractivity contribution is 6.00. The Labute approximate surface area is 104 Å². The first-order valence-electron chi connectivity index (χ1n) is 5.40. The van der Waals surface area contributed by atoms with Gasteiger partial charge in [0.15, 0.2) is 23.2 Å². The summed E-state index contributed by atoms with van der Waals surface area (Å²) in [6.07, 6.45) is -0.933. The molecule has 1 rings (SSSR count). The van der Waals surface area contributed by atoms with E-state index < -0.39 is 40.3 Å². The van der Waals surface area contributed by atoms with Crippen LogP contribution in [-0.4, -0.2) is 19.0 Å². The van der Waals surface area contributed by atoms with Crippen molar-refractivity contribution in [3.8, 4) is 0 Å². The summed E-state index contributed by atoms with van der Waals surface area (Å²) >= 11 is 0. The van der Waals surface area contributed by atoms with Crippen molar-refractivity contribution in [3.05, 3.63) is 35.1 Å². The molecule has 18 heavy (non-hydrogen) atoms. The number of Topliss-reactive ketones (excluding diaryl/α,β-unsaturated/α-hetero) is 1. The number of hydrogen-bond donors (Lipinski definition) is 0. The molecule has 1 aromatic rings. The summed E-state index contributed by atoms with van der Waals surface area (Å²) in [7, 11) is 1.31. The van der Waals surface area contributed by atoms with E-state index in [-0.39, 0.29) is 0 Å². The maximum Gasteiger partial charge on any atom is 0.195 e. The molecule has 2 nitrogen and oxygen atoms in total. The van der Waals surface area contributed by atoms with Crippen LogP contribution in [0.2, 0.25) is 0 Å². The fourth-order valence-electron chi connectivity index (χ4n) is 1.71. The van der Waals surface area contributed by atoms with Crippen LogP contribution < -0.4 is 0 Å². The second kappa shape index (κ2) is 5.10. The van der Waals surface area contributed by atoms with Gasteiger partial charge in [0, 0.05) is 7.11 Å². The van der Waals surface area contributed by atoms with Crippen LogP contribution in [0, 0.1) is 22.9 Å².